The number of phenols is 1. The molecule has 0 saturated carbocycles. The molecule has 4 rings (SSSR count). The Balaban J connectivity index is 1.93. The Morgan fingerprint density at radius 3 is 2.52 bits per heavy atom. The summed E-state index contributed by atoms with van der Waals surface area (Å²) < 4.78 is 11.5. The fourth-order valence-corrected chi connectivity index (χ4v) is 3.32. The summed E-state index contributed by atoms with van der Waals surface area (Å²) in [6.07, 6.45) is 0. The van der Waals surface area contributed by atoms with Crippen molar-refractivity contribution in [3.05, 3.63) is 83.2 Å². The van der Waals surface area contributed by atoms with Gasteiger partial charge < -0.3 is 14.3 Å². The molecule has 2 N–H and O–H groups in total. The van der Waals surface area contributed by atoms with E-state index in [9.17, 15) is 5.11 Å². The maximum atomic E-state index is 9.91. The van der Waals surface area contributed by atoms with Gasteiger partial charge in [0.1, 0.15) is 11.3 Å². The normalized spacial score (nSPS) is 11.6. The third kappa shape index (κ3) is 3.80. The molecule has 0 atom stereocenters. The lowest BCUT2D eigenvalue weighted by atomic mass is 10.1. The van der Waals surface area contributed by atoms with Crippen LogP contribution in [-0.2, 0) is 0 Å². The Bertz CT molecular complexity index is 1240. The molecule has 3 aromatic carbocycles. The molecule has 4 aromatic rings. The number of aryl methyl sites for hydroxylation is 2. The van der Waals surface area contributed by atoms with Crippen molar-refractivity contribution >= 4 is 16.7 Å². The standard InChI is InChI=1S/C24H22N2O3/c1-15-11-16(2)24-19(12-15)20(26-25-18-7-5-4-6-8-18)14-22(29-24)17-9-10-21(27)23(13-17)28-3/h4-14,25,27H,1-3H3/b26-20+. The molecule has 0 aliphatic carbocycles. The van der Waals surface area contributed by atoms with E-state index < -0.39 is 0 Å². The molecule has 5 nitrogen and oxygen atoms in total. The van der Waals surface area contributed by atoms with Gasteiger partial charge >= 0.3 is 0 Å². The second kappa shape index (κ2) is 7.72. The summed E-state index contributed by atoms with van der Waals surface area (Å²) in [5, 5.41) is 16.3. The highest BCUT2D eigenvalue weighted by molar-refractivity contribution is 5.82. The quantitative estimate of drug-likeness (QED) is 0.464. The summed E-state index contributed by atoms with van der Waals surface area (Å²) >= 11 is 0. The van der Waals surface area contributed by atoms with Gasteiger partial charge in [0.05, 0.1) is 18.2 Å². The zero-order valence-corrected chi connectivity index (χ0v) is 16.6. The molecule has 0 saturated heterocycles. The Labute approximate surface area is 168 Å². The average Bonchev–Trinajstić information content (AvgIpc) is 2.73. The summed E-state index contributed by atoms with van der Waals surface area (Å²) in [5.41, 5.74) is 7.75. The maximum absolute atomic E-state index is 9.91. The number of nitrogens with zero attached hydrogens (tertiary/aromatic N) is 1. The summed E-state index contributed by atoms with van der Waals surface area (Å²) in [4.78, 5) is 0. The van der Waals surface area contributed by atoms with Gasteiger partial charge in [-0.15, -0.1) is 0 Å². The van der Waals surface area contributed by atoms with E-state index >= 15 is 0 Å². The molecule has 0 bridgehead atoms. The van der Waals surface area contributed by atoms with E-state index in [4.69, 9.17) is 9.15 Å². The largest absolute Gasteiger partial charge is 0.504 e. The number of nitrogens with one attached hydrogen (secondary N) is 1. The van der Waals surface area contributed by atoms with Crippen molar-refractivity contribution in [3.8, 4) is 22.8 Å². The van der Waals surface area contributed by atoms with Crippen molar-refractivity contribution in [1.29, 1.82) is 0 Å². The van der Waals surface area contributed by atoms with Crippen LogP contribution >= 0.6 is 0 Å². The van der Waals surface area contributed by atoms with Crippen molar-refractivity contribution in [2.24, 2.45) is 5.10 Å². The van der Waals surface area contributed by atoms with E-state index in [-0.39, 0.29) is 5.75 Å². The zero-order chi connectivity index (χ0) is 20.4. The first kappa shape index (κ1) is 18.6. The molecule has 5 heteroatoms. The number of fused-ring (bicyclic) bond motifs is 1. The Morgan fingerprint density at radius 2 is 1.76 bits per heavy atom. The number of aromatic hydroxyl groups is 1. The first-order chi connectivity index (χ1) is 14.0. The number of benzene rings is 3. The van der Waals surface area contributed by atoms with Gasteiger partial charge in [0.15, 0.2) is 11.5 Å². The lowest BCUT2D eigenvalue weighted by molar-refractivity contribution is 0.373. The minimum Gasteiger partial charge on any atom is -0.504 e. The highest BCUT2D eigenvalue weighted by Gasteiger charge is 2.11. The molecule has 146 valence electrons. The predicted molar refractivity (Wildman–Crippen MR) is 115 cm³/mol. The number of para-hydroxylation sites is 1. The molecule has 0 unspecified atom stereocenters. The van der Waals surface area contributed by atoms with Gasteiger partial charge in [0.25, 0.3) is 0 Å². The van der Waals surface area contributed by atoms with Crippen molar-refractivity contribution in [2.75, 3.05) is 12.5 Å². The Hall–Kier alpha value is -3.73. The first-order valence-electron chi connectivity index (χ1n) is 9.32. The summed E-state index contributed by atoms with van der Waals surface area (Å²) in [6, 6.07) is 21.0. The summed E-state index contributed by atoms with van der Waals surface area (Å²) in [6.45, 7) is 4.08. The second-order valence-electron chi connectivity index (χ2n) is 6.93. The lowest BCUT2D eigenvalue weighted by Gasteiger charge is -2.10. The molecule has 29 heavy (non-hydrogen) atoms. The van der Waals surface area contributed by atoms with Crippen molar-refractivity contribution in [3.63, 3.8) is 0 Å². The average molecular weight is 386 g/mol. The number of hydrogen-bond acceptors (Lipinski definition) is 5. The molecule has 1 aromatic heterocycles. The van der Waals surface area contributed by atoms with Gasteiger partial charge in [0.2, 0.25) is 0 Å². The smallest absolute Gasteiger partial charge is 0.161 e. The highest BCUT2D eigenvalue weighted by Crippen LogP contribution is 2.32. The van der Waals surface area contributed by atoms with E-state index in [1.54, 1.807) is 18.2 Å². The van der Waals surface area contributed by atoms with Gasteiger partial charge in [-0.25, -0.2) is 0 Å². The van der Waals surface area contributed by atoms with Crippen LogP contribution in [0.1, 0.15) is 11.1 Å². The molecule has 0 aliphatic heterocycles. The summed E-state index contributed by atoms with van der Waals surface area (Å²) in [7, 11) is 1.52. The molecule has 0 aliphatic rings. The number of phenolic OH excluding ortho intramolecular Hbond substituents is 1. The zero-order valence-electron chi connectivity index (χ0n) is 16.6. The van der Waals surface area contributed by atoms with Crippen LogP contribution in [0.4, 0.5) is 5.69 Å². The van der Waals surface area contributed by atoms with Gasteiger partial charge in [0, 0.05) is 17.0 Å². The minimum absolute atomic E-state index is 0.0829. The van der Waals surface area contributed by atoms with Crippen LogP contribution in [0, 0.1) is 13.8 Å². The van der Waals surface area contributed by atoms with Crippen molar-refractivity contribution in [1.82, 2.24) is 0 Å². The third-order valence-corrected chi connectivity index (χ3v) is 4.72. The molecule has 0 amide bonds. The number of ether oxygens (including phenoxy) is 1. The highest BCUT2D eigenvalue weighted by atomic mass is 16.5. The van der Waals surface area contributed by atoms with Crippen LogP contribution < -0.4 is 15.5 Å². The fourth-order valence-electron chi connectivity index (χ4n) is 3.32. The van der Waals surface area contributed by atoms with Crippen LogP contribution in [0.15, 0.2) is 76.2 Å². The first-order valence-corrected chi connectivity index (χ1v) is 9.32. The minimum atomic E-state index is 0.0829. The van der Waals surface area contributed by atoms with Gasteiger partial charge in [-0.3, -0.25) is 5.43 Å². The van der Waals surface area contributed by atoms with E-state index in [0.717, 1.165) is 38.7 Å². The monoisotopic (exact) mass is 386 g/mol. The van der Waals surface area contributed by atoms with E-state index in [0.29, 0.717) is 11.5 Å². The lowest BCUT2D eigenvalue weighted by Crippen LogP contribution is -2.08. The third-order valence-electron chi connectivity index (χ3n) is 4.72. The Kier molecular flexibility index (Phi) is 4.96. The molecular formula is C24H22N2O3. The second-order valence-corrected chi connectivity index (χ2v) is 6.93. The molecule has 0 radical (unpaired) electrons. The van der Waals surface area contributed by atoms with Crippen molar-refractivity contribution in [2.45, 2.75) is 13.8 Å². The summed E-state index contributed by atoms with van der Waals surface area (Å²) in [5.74, 6) is 1.11. The fraction of sp³-hybridized carbons (Fsp3) is 0.125. The van der Waals surface area contributed by atoms with E-state index in [2.05, 4.69) is 29.6 Å². The van der Waals surface area contributed by atoms with Crippen LogP contribution in [0.25, 0.3) is 22.3 Å². The van der Waals surface area contributed by atoms with E-state index in [1.165, 1.54) is 7.11 Å². The van der Waals surface area contributed by atoms with Gasteiger partial charge in [-0.2, -0.15) is 5.10 Å². The molecule has 1 heterocycles. The number of hydrogen-bond donors (Lipinski definition) is 2. The topological polar surface area (TPSA) is 67.0 Å². The van der Waals surface area contributed by atoms with E-state index in [1.807, 2.05) is 43.3 Å². The number of anilines is 1. The van der Waals surface area contributed by atoms with Crippen LogP contribution in [0.5, 0.6) is 11.5 Å². The van der Waals surface area contributed by atoms with Gasteiger partial charge in [-0.05, 0) is 61.4 Å². The van der Waals surface area contributed by atoms with Crippen LogP contribution in [0.2, 0.25) is 0 Å². The van der Waals surface area contributed by atoms with Crippen LogP contribution in [-0.4, -0.2) is 12.2 Å². The number of methoxy groups -OCH3 is 1. The Morgan fingerprint density at radius 1 is 0.966 bits per heavy atom. The van der Waals surface area contributed by atoms with Crippen LogP contribution in [0.3, 0.4) is 0 Å². The molecule has 0 spiro atoms. The molecular weight excluding hydrogens is 364 g/mol. The van der Waals surface area contributed by atoms with Gasteiger partial charge in [-0.1, -0.05) is 24.3 Å². The SMILES string of the molecule is COc1cc(-c2c/c(=N\Nc3ccccc3)c3cc(C)cc(C)c3o2)ccc1O. The molecule has 0 fully saturated rings. The predicted octanol–water partition coefficient (Wildman–Crippen LogP) is 5.36. The van der Waals surface area contributed by atoms with Crippen molar-refractivity contribution < 1.29 is 14.3 Å². The number of rotatable bonds is 4. The maximum Gasteiger partial charge on any atom is 0.161 e.